The maximum absolute atomic E-state index is 12.4. The fourth-order valence-corrected chi connectivity index (χ4v) is 4.63. The van der Waals surface area contributed by atoms with E-state index in [9.17, 15) is 10.1 Å². The van der Waals surface area contributed by atoms with Crippen LogP contribution in [0, 0.1) is 11.3 Å². The molecule has 1 aliphatic rings. The summed E-state index contributed by atoms with van der Waals surface area (Å²) in [4.78, 5) is 16.5. The SMILES string of the molecule is CCOc1ccc(-c2c(C#N)c3ccc(N4CCN(C(=O)OC(C)(C)C)CC4)cc3n2CC)cc1. The van der Waals surface area contributed by atoms with E-state index in [1.807, 2.05) is 58.0 Å². The van der Waals surface area contributed by atoms with E-state index in [0.29, 0.717) is 25.3 Å². The average molecular weight is 475 g/mol. The van der Waals surface area contributed by atoms with Crippen LogP contribution in [0.2, 0.25) is 0 Å². The summed E-state index contributed by atoms with van der Waals surface area (Å²) in [6.45, 7) is 13.8. The third kappa shape index (κ3) is 5.07. The Kier molecular flexibility index (Phi) is 6.93. The molecule has 0 aliphatic carbocycles. The Labute approximate surface area is 207 Å². The number of aromatic nitrogens is 1. The van der Waals surface area contributed by atoms with Crippen molar-refractivity contribution in [3.8, 4) is 23.1 Å². The molecule has 0 atom stereocenters. The molecule has 0 spiro atoms. The Bertz CT molecular complexity index is 1240. The Morgan fingerprint density at radius 1 is 1.03 bits per heavy atom. The summed E-state index contributed by atoms with van der Waals surface area (Å²) in [6, 6.07) is 16.7. The molecule has 0 saturated carbocycles. The van der Waals surface area contributed by atoms with Crippen molar-refractivity contribution >= 4 is 22.7 Å². The minimum absolute atomic E-state index is 0.258. The number of anilines is 1. The zero-order valence-electron chi connectivity index (χ0n) is 21.3. The zero-order chi connectivity index (χ0) is 25.2. The van der Waals surface area contributed by atoms with Gasteiger partial charge in [0.25, 0.3) is 0 Å². The molecule has 184 valence electrons. The molecule has 0 unspecified atom stereocenters. The summed E-state index contributed by atoms with van der Waals surface area (Å²) < 4.78 is 13.3. The lowest BCUT2D eigenvalue weighted by atomic mass is 10.1. The van der Waals surface area contributed by atoms with Gasteiger partial charge in [-0.3, -0.25) is 0 Å². The van der Waals surface area contributed by atoms with Crippen LogP contribution < -0.4 is 9.64 Å². The minimum Gasteiger partial charge on any atom is -0.494 e. The number of nitrogens with zero attached hydrogens (tertiary/aromatic N) is 4. The largest absolute Gasteiger partial charge is 0.494 e. The number of hydrogen-bond donors (Lipinski definition) is 0. The number of ether oxygens (including phenoxy) is 2. The van der Waals surface area contributed by atoms with Crippen molar-refractivity contribution in [2.24, 2.45) is 0 Å². The molecule has 3 aromatic rings. The topological polar surface area (TPSA) is 70.7 Å². The van der Waals surface area contributed by atoms with Crippen molar-refractivity contribution in [2.75, 3.05) is 37.7 Å². The smallest absolute Gasteiger partial charge is 0.410 e. The molecule has 0 radical (unpaired) electrons. The standard InChI is InChI=1S/C28H34N4O3/c1-6-32-25-18-21(30-14-16-31(17-15-30)27(33)35-28(3,4)5)10-13-23(25)24(19-29)26(32)20-8-11-22(12-9-20)34-7-2/h8-13,18H,6-7,14-17H2,1-5H3. The average Bonchev–Trinajstić information content (AvgIpc) is 3.16. The highest BCUT2D eigenvalue weighted by Crippen LogP contribution is 2.36. The summed E-state index contributed by atoms with van der Waals surface area (Å²) in [7, 11) is 0. The first-order chi connectivity index (χ1) is 16.8. The second kappa shape index (κ2) is 9.91. The van der Waals surface area contributed by atoms with E-state index in [0.717, 1.165) is 53.2 Å². The molecule has 1 aromatic heterocycles. The first-order valence-corrected chi connectivity index (χ1v) is 12.3. The van der Waals surface area contributed by atoms with Gasteiger partial charge in [-0.25, -0.2) is 4.79 Å². The van der Waals surface area contributed by atoms with E-state index in [-0.39, 0.29) is 6.09 Å². The van der Waals surface area contributed by atoms with Crippen molar-refractivity contribution in [1.29, 1.82) is 5.26 Å². The maximum atomic E-state index is 12.4. The van der Waals surface area contributed by atoms with E-state index in [2.05, 4.69) is 34.6 Å². The molecular formula is C28H34N4O3. The van der Waals surface area contributed by atoms with Crippen LogP contribution in [0.25, 0.3) is 22.2 Å². The van der Waals surface area contributed by atoms with Gasteiger partial charge in [-0.05, 0) is 82.6 Å². The first-order valence-electron chi connectivity index (χ1n) is 12.3. The van der Waals surface area contributed by atoms with Crippen LogP contribution >= 0.6 is 0 Å². The van der Waals surface area contributed by atoms with Crippen molar-refractivity contribution in [1.82, 2.24) is 9.47 Å². The highest BCUT2D eigenvalue weighted by Gasteiger charge is 2.26. The molecule has 4 rings (SSSR count). The summed E-state index contributed by atoms with van der Waals surface area (Å²) in [6.07, 6.45) is -0.258. The molecule has 1 saturated heterocycles. The third-order valence-electron chi connectivity index (χ3n) is 6.21. The predicted octanol–water partition coefficient (Wildman–Crippen LogP) is 5.66. The molecule has 0 bridgehead atoms. The molecule has 2 heterocycles. The summed E-state index contributed by atoms with van der Waals surface area (Å²) in [5.41, 5.74) is 4.25. The molecule has 1 fully saturated rings. The van der Waals surface area contributed by atoms with Crippen LogP contribution in [-0.4, -0.2) is 53.9 Å². The lowest BCUT2D eigenvalue weighted by Crippen LogP contribution is -2.50. The minimum atomic E-state index is -0.496. The van der Waals surface area contributed by atoms with Gasteiger partial charge in [0.2, 0.25) is 0 Å². The number of nitriles is 1. The number of hydrogen-bond acceptors (Lipinski definition) is 5. The lowest BCUT2D eigenvalue weighted by Gasteiger charge is -2.36. The maximum Gasteiger partial charge on any atom is 0.410 e. The Morgan fingerprint density at radius 2 is 1.71 bits per heavy atom. The van der Waals surface area contributed by atoms with E-state index < -0.39 is 5.60 Å². The molecule has 2 aromatic carbocycles. The van der Waals surface area contributed by atoms with Crippen LogP contribution in [0.4, 0.5) is 10.5 Å². The molecule has 7 heteroatoms. The summed E-state index contributed by atoms with van der Waals surface area (Å²) >= 11 is 0. The molecule has 0 N–H and O–H groups in total. The van der Waals surface area contributed by atoms with Gasteiger partial charge in [0, 0.05) is 43.8 Å². The molecule has 1 amide bonds. The van der Waals surface area contributed by atoms with Gasteiger partial charge in [-0.15, -0.1) is 0 Å². The summed E-state index contributed by atoms with van der Waals surface area (Å²) in [5.74, 6) is 0.821. The Hall–Kier alpha value is -3.66. The van der Waals surface area contributed by atoms with Crippen molar-refractivity contribution in [3.05, 3.63) is 48.0 Å². The lowest BCUT2D eigenvalue weighted by molar-refractivity contribution is 0.0240. The number of fused-ring (bicyclic) bond motifs is 1. The quantitative estimate of drug-likeness (QED) is 0.477. The number of carbonyl (C=O) groups excluding carboxylic acids is 1. The molecule has 1 aliphatic heterocycles. The second-order valence-electron chi connectivity index (χ2n) is 9.69. The van der Waals surface area contributed by atoms with Crippen LogP contribution in [0.3, 0.4) is 0 Å². The van der Waals surface area contributed by atoms with Gasteiger partial charge in [0.15, 0.2) is 0 Å². The highest BCUT2D eigenvalue weighted by molar-refractivity contribution is 5.96. The summed E-state index contributed by atoms with van der Waals surface area (Å²) in [5, 5.41) is 11.0. The van der Waals surface area contributed by atoms with Gasteiger partial charge in [-0.1, -0.05) is 0 Å². The van der Waals surface area contributed by atoms with Gasteiger partial charge in [0.05, 0.1) is 23.4 Å². The van der Waals surface area contributed by atoms with Crippen molar-refractivity contribution < 1.29 is 14.3 Å². The number of aryl methyl sites for hydroxylation is 1. The van der Waals surface area contributed by atoms with E-state index in [1.165, 1.54) is 0 Å². The molecule has 35 heavy (non-hydrogen) atoms. The number of amides is 1. The number of benzene rings is 2. The Balaban J connectivity index is 1.62. The number of carbonyl (C=O) groups is 1. The van der Waals surface area contributed by atoms with E-state index in [1.54, 1.807) is 4.90 Å². The van der Waals surface area contributed by atoms with Crippen molar-refractivity contribution in [2.45, 2.75) is 46.8 Å². The Morgan fingerprint density at radius 3 is 2.29 bits per heavy atom. The fourth-order valence-electron chi connectivity index (χ4n) is 4.63. The first kappa shape index (κ1) is 24.5. The van der Waals surface area contributed by atoms with Crippen LogP contribution in [0.15, 0.2) is 42.5 Å². The van der Waals surface area contributed by atoms with Gasteiger partial charge in [-0.2, -0.15) is 5.26 Å². The predicted molar refractivity (Wildman–Crippen MR) is 139 cm³/mol. The highest BCUT2D eigenvalue weighted by atomic mass is 16.6. The number of rotatable bonds is 5. The number of piperazine rings is 1. The van der Waals surface area contributed by atoms with Crippen molar-refractivity contribution in [3.63, 3.8) is 0 Å². The van der Waals surface area contributed by atoms with Crippen LogP contribution in [0.1, 0.15) is 40.2 Å². The molecular weight excluding hydrogens is 440 g/mol. The van der Waals surface area contributed by atoms with Gasteiger partial charge in [0.1, 0.15) is 17.4 Å². The normalized spacial score (nSPS) is 14.2. The molecule has 7 nitrogen and oxygen atoms in total. The van der Waals surface area contributed by atoms with Gasteiger partial charge < -0.3 is 23.8 Å². The van der Waals surface area contributed by atoms with E-state index in [4.69, 9.17) is 9.47 Å². The van der Waals surface area contributed by atoms with Crippen LogP contribution in [-0.2, 0) is 11.3 Å². The monoisotopic (exact) mass is 474 g/mol. The third-order valence-corrected chi connectivity index (χ3v) is 6.21. The zero-order valence-corrected chi connectivity index (χ0v) is 21.3. The van der Waals surface area contributed by atoms with E-state index >= 15 is 0 Å². The fraction of sp³-hybridized carbons (Fsp3) is 0.429. The van der Waals surface area contributed by atoms with Gasteiger partial charge >= 0.3 is 6.09 Å². The van der Waals surface area contributed by atoms with Crippen LogP contribution in [0.5, 0.6) is 5.75 Å². The second-order valence-corrected chi connectivity index (χ2v) is 9.69.